The van der Waals surface area contributed by atoms with Crippen molar-refractivity contribution in [3.8, 4) is 0 Å². The first kappa shape index (κ1) is 13.4. The minimum absolute atomic E-state index is 0.0737. The standard InChI is InChI=1S/C11H21FN2O2/c1-2-3-9-16-10-4-11(15)13-5-7-14(12)8-6-13/h2-10H2,1H3. The smallest absolute Gasteiger partial charge is 0.224 e. The highest BCUT2D eigenvalue weighted by Crippen LogP contribution is 2.04. The largest absolute Gasteiger partial charge is 0.381 e. The van der Waals surface area contributed by atoms with Gasteiger partial charge in [-0.25, -0.2) is 0 Å². The number of halogens is 1. The summed E-state index contributed by atoms with van der Waals surface area (Å²) in [7, 11) is 0. The first-order chi connectivity index (χ1) is 7.74. The van der Waals surface area contributed by atoms with Gasteiger partial charge >= 0.3 is 0 Å². The molecule has 1 rings (SSSR count). The van der Waals surface area contributed by atoms with Crippen molar-refractivity contribution >= 4 is 5.91 Å². The topological polar surface area (TPSA) is 32.8 Å². The fourth-order valence-corrected chi connectivity index (χ4v) is 1.60. The van der Waals surface area contributed by atoms with Gasteiger partial charge in [0, 0.05) is 32.8 Å². The van der Waals surface area contributed by atoms with Gasteiger partial charge in [-0.05, 0) is 6.42 Å². The van der Waals surface area contributed by atoms with Crippen molar-refractivity contribution in [3.05, 3.63) is 0 Å². The Labute approximate surface area is 96.3 Å². The maximum absolute atomic E-state index is 12.7. The minimum atomic E-state index is 0.0737. The number of piperazine rings is 1. The molecule has 0 aromatic heterocycles. The Balaban J connectivity index is 2.06. The van der Waals surface area contributed by atoms with Crippen LogP contribution in [-0.2, 0) is 9.53 Å². The van der Waals surface area contributed by atoms with Crippen molar-refractivity contribution in [3.63, 3.8) is 0 Å². The van der Waals surface area contributed by atoms with Crippen LogP contribution < -0.4 is 0 Å². The van der Waals surface area contributed by atoms with Gasteiger partial charge in [-0.2, -0.15) is 0 Å². The number of hydrogen-bond donors (Lipinski definition) is 0. The zero-order valence-electron chi connectivity index (χ0n) is 9.95. The van der Waals surface area contributed by atoms with E-state index < -0.39 is 0 Å². The predicted molar refractivity (Wildman–Crippen MR) is 59.6 cm³/mol. The first-order valence-corrected chi connectivity index (χ1v) is 6.00. The second-order valence-corrected chi connectivity index (χ2v) is 4.01. The van der Waals surface area contributed by atoms with E-state index in [2.05, 4.69) is 6.92 Å². The van der Waals surface area contributed by atoms with E-state index in [1.807, 2.05) is 0 Å². The third kappa shape index (κ3) is 4.90. The SMILES string of the molecule is CCCCOCCC(=O)N1CCN(F)CC1. The van der Waals surface area contributed by atoms with Gasteiger partial charge < -0.3 is 9.64 Å². The van der Waals surface area contributed by atoms with Crippen molar-refractivity contribution in [2.75, 3.05) is 39.4 Å². The lowest BCUT2D eigenvalue weighted by Crippen LogP contribution is -2.46. The Morgan fingerprint density at radius 1 is 1.25 bits per heavy atom. The first-order valence-electron chi connectivity index (χ1n) is 6.00. The summed E-state index contributed by atoms with van der Waals surface area (Å²) in [6.45, 7) is 4.93. The third-order valence-electron chi connectivity index (χ3n) is 2.68. The molecule has 0 spiro atoms. The number of unbranched alkanes of at least 4 members (excludes halogenated alkanes) is 1. The monoisotopic (exact) mass is 232 g/mol. The number of ether oxygens (including phenoxy) is 1. The maximum Gasteiger partial charge on any atom is 0.224 e. The van der Waals surface area contributed by atoms with E-state index in [0.29, 0.717) is 39.2 Å². The van der Waals surface area contributed by atoms with Crippen molar-refractivity contribution in [2.45, 2.75) is 26.2 Å². The van der Waals surface area contributed by atoms with Crippen LogP contribution in [0.2, 0.25) is 0 Å². The summed E-state index contributed by atoms with van der Waals surface area (Å²) in [5, 5.41) is 0.752. The van der Waals surface area contributed by atoms with Crippen molar-refractivity contribution in [1.29, 1.82) is 0 Å². The molecule has 16 heavy (non-hydrogen) atoms. The molecule has 0 aromatic carbocycles. The molecule has 1 aliphatic heterocycles. The van der Waals surface area contributed by atoms with Gasteiger partial charge in [0.05, 0.1) is 13.0 Å². The van der Waals surface area contributed by atoms with Crippen LogP contribution >= 0.6 is 0 Å². The summed E-state index contributed by atoms with van der Waals surface area (Å²) >= 11 is 0. The number of hydrogen-bond acceptors (Lipinski definition) is 3. The van der Waals surface area contributed by atoms with E-state index in [1.165, 1.54) is 0 Å². The second kappa shape index (κ2) is 7.57. The lowest BCUT2D eigenvalue weighted by molar-refractivity contribution is -0.136. The summed E-state index contributed by atoms with van der Waals surface area (Å²) in [4.78, 5) is 13.4. The quantitative estimate of drug-likeness (QED) is 0.510. The van der Waals surface area contributed by atoms with Crippen LogP contribution in [-0.4, -0.2) is 55.3 Å². The Hall–Kier alpha value is -0.680. The molecule has 1 fully saturated rings. The Morgan fingerprint density at radius 3 is 2.56 bits per heavy atom. The highest BCUT2D eigenvalue weighted by molar-refractivity contribution is 5.76. The van der Waals surface area contributed by atoms with E-state index in [-0.39, 0.29) is 5.91 Å². The van der Waals surface area contributed by atoms with Gasteiger partial charge in [0.1, 0.15) is 0 Å². The number of amides is 1. The molecule has 0 saturated carbocycles. The molecule has 1 heterocycles. The van der Waals surface area contributed by atoms with E-state index in [0.717, 1.165) is 24.6 Å². The second-order valence-electron chi connectivity index (χ2n) is 4.01. The molecule has 4 nitrogen and oxygen atoms in total. The number of carbonyl (C=O) groups excluding carboxylic acids is 1. The zero-order chi connectivity index (χ0) is 11.8. The van der Waals surface area contributed by atoms with Crippen LogP contribution in [0.1, 0.15) is 26.2 Å². The molecule has 1 saturated heterocycles. The molecule has 0 aliphatic carbocycles. The van der Waals surface area contributed by atoms with E-state index >= 15 is 0 Å². The third-order valence-corrected chi connectivity index (χ3v) is 2.68. The van der Waals surface area contributed by atoms with E-state index in [1.54, 1.807) is 4.90 Å². The molecule has 0 N–H and O–H groups in total. The van der Waals surface area contributed by atoms with Crippen molar-refractivity contribution in [2.24, 2.45) is 0 Å². The van der Waals surface area contributed by atoms with Crippen molar-refractivity contribution < 1.29 is 14.0 Å². The normalized spacial score (nSPS) is 17.8. The lowest BCUT2D eigenvalue weighted by Gasteiger charge is -2.29. The maximum atomic E-state index is 12.7. The van der Waals surface area contributed by atoms with Gasteiger partial charge in [0.25, 0.3) is 0 Å². The molecule has 94 valence electrons. The van der Waals surface area contributed by atoms with Crippen molar-refractivity contribution in [1.82, 2.24) is 10.0 Å². The molecule has 1 aliphatic rings. The fraction of sp³-hybridized carbons (Fsp3) is 0.909. The van der Waals surface area contributed by atoms with Crippen LogP contribution in [0.3, 0.4) is 0 Å². The molecule has 0 radical (unpaired) electrons. The number of nitrogens with zero attached hydrogens (tertiary/aromatic N) is 2. The highest BCUT2D eigenvalue weighted by atomic mass is 19.2. The zero-order valence-corrected chi connectivity index (χ0v) is 9.95. The van der Waals surface area contributed by atoms with Crippen LogP contribution in [0.15, 0.2) is 0 Å². The molecular formula is C11H21FN2O2. The summed E-state index contributed by atoms with van der Waals surface area (Å²) in [6, 6.07) is 0. The van der Waals surface area contributed by atoms with Gasteiger partial charge in [-0.1, -0.05) is 13.3 Å². The molecule has 0 aromatic rings. The van der Waals surface area contributed by atoms with Gasteiger partial charge in [-0.15, -0.1) is 9.60 Å². The predicted octanol–water partition coefficient (Wildman–Crippen LogP) is 1.22. The summed E-state index contributed by atoms with van der Waals surface area (Å²) in [5.41, 5.74) is 0. The Kier molecular flexibility index (Phi) is 6.33. The molecule has 0 bridgehead atoms. The average Bonchev–Trinajstić information content (AvgIpc) is 2.29. The van der Waals surface area contributed by atoms with Gasteiger partial charge in [0.15, 0.2) is 0 Å². The minimum Gasteiger partial charge on any atom is -0.381 e. The van der Waals surface area contributed by atoms with Crippen LogP contribution in [0.5, 0.6) is 0 Å². The van der Waals surface area contributed by atoms with Gasteiger partial charge in [0.2, 0.25) is 5.91 Å². The fourth-order valence-electron chi connectivity index (χ4n) is 1.60. The van der Waals surface area contributed by atoms with Crippen LogP contribution in [0.4, 0.5) is 4.48 Å². The average molecular weight is 232 g/mol. The van der Waals surface area contributed by atoms with E-state index in [4.69, 9.17) is 4.74 Å². The molecule has 0 unspecified atom stereocenters. The number of carbonyl (C=O) groups is 1. The van der Waals surface area contributed by atoms with Gasteiger partial charge in [-0.3, -0.25) is 4.79 Å². The summed E-state index contributed by atoms with van der Waals surface area (Å²) in [6.07, 6.45) is 2.55. The highest BCUT2D eigenvalue weighted by Gasteiger charge is 2.20. The number of rotatable bonds is 6. The molecule has 0 atom stereocenters. The molecule has 1 amide bonds. The van der Waals surface area contributed by atoms with Crippen LogP contribution in [0, 0.1) is 0 Å². The Bertz CT molecular complexity index is 206. The molecular weight excluding hydrogens is 211 g/mol. The summed E-state index contributed by atoms with van der Waals surface area (Å²) < 4.78 is 18.0. The summed E-state index contributed by atoms with van der Waals surface area (Å²) in [5.74, 6) is 0.0737. The van der Waals surface area contributed by atoms with Crippen LogP contribution in [0.25, 0.3) is 0 Å². The molecule has 5 heteroatoms. The van der Waals surface area contributed by atoms with E-state index in [9.17, 15) is 9.28 Å². The Morgan fingerprint density at radius 2 is 1.94 bits per heavy atom. The lowest BCUT2D eigenvalue weighted by atomic mass is 10.3.